The van der Waals surface area contributed by atoms with Crippen LogP contribution in [0.15, 0.2) is 18.2 Å². The number of rotatable bonds is 8. The largest absolute Gasteiger partial charge is 0.376 e. The molecule has 0 bridgehead atoms. The Morgan fingerprint density at radius 3 is 2.34 bits per heavy atom. The molecule has 3 heterocycles. The average Bonchev–Trinajstić information content (AvgIpc) is 3.55. The van der Waals surface area contributed by atoms with Gasteiger partial charge in [-0.2, -0.15) is 0 Å². The minimum atomic E-state index is -3.01. The molecule has 1 aromatic carbocycles. The van der Waals surface area contributed by atoms with E-state index in [0.717, 1.165) is 41.0 Å². The summed E-state index contributed by atoms with van der Waals surface area (Å²) in [5, 5.41) is 6.62. The first-order valence-corrected chi connectivity index (χ1v) is 17.7. The summed E-state index contributed by atoms with van der Waals surface area (Å²) in [6, 6.07) is 6.02. The number of nitrogens with one attached hydrogen (secondary N) is 2. The summed E-state index contributed by atoms with van der Waals surface area (Å²) < 4.78 is 29.1. The maximum Gasteiger partial charge on any atom is 0.280 e. The first-order valence-electron chi connectivity index (χ1n) is 15.1. The van der Waals surface area contributed by atoms with Gasteiger partial charge in [-0.1, -0.05) is 39.0 Å². The maximum atomic E-state index is 13.4. The van der Waals surface area contributed by atoms with Gasteiger partial charge < -0.3 is 15.4 Å². The summed E-state index contributed by atoms with van der Waals surface area (Å²) in [7, 11) is -3.01. The summed E-state index contributed by atoms with van der Waals surface area (Å²) in [6.07, 6.45) is 9.92. The lowest BCUT2D eigenvalue weighted by Crippen LogP contribution is -2.59. The highest BCUT2D eigenvalue weighted by molar-refractivity contribution is 7.91. The Balaban J connectivity index is 1.33. The molecule has 2 saturated carbocycles. The highest BCUT2D eigenvalue weighted by atomic mass is 32.2. The van der Waals surface area contributed by atoms with Gasteiger partial charge in [0.2, 0.25) is 0 Å². The Bertz CT molecular complexity index is 1420. The van der Waals surface area contributed by atoms with Gasteiger partial charge >= 0.3 is 0 Å². The fourth-order valence-electron chi connectivity index (χ4n) is 6.30. The number of carbonyl (C=O) groups is 2. The zero-order valence-electron chi connectivity index (χ0n) is 24.1. The molecular formula is C31H41N3O5S2. The Morgan fingerprint density at radius 2 is 1.71 bits per heavy atom. The fourth-order valence-corrected chi connectivity index (χ4v) is 8.77. The number of sulfone groups is 1. The third-order valence-corrected chi connectivity index (χ3v) is 12.3. The summed E-state index contributed by atoms with van der Waals surface area (Å²) in [5.41, 5.74) is 3.37. The van der Waals surface area contributed by atoms with E-state index in [0.29, 0.717) is 42.5 Å². The summed E-state index contributed by atoms with van der Waals surface area (Å²) in [6.45, 7) is 5.26. The van der Waals surface area contributed by atoms with Gasteiger partial charge in [0, 0.05) is 11.6 Å². The lowest BCUT2D eigenvalue weighted by atomic mass is 9.85. The first kappa shape index (κ1) is 28.8. The van der Waals surface area contributed by atoms with E-state index in [1.165, 1.54) is 43.4 Å². The number of ether oxygens (including phenoxy) is 1. The molecule has 2 amide bonds. The average molecular weight is 600 g/mol. The van der Waals surface area contributed by atoms with Crippen molar-refractivity contribution in [3.8, 4) is 10.4 Å². The lowest BCUT2D eigenvalue weighted by molar-refractivity contribution is -0.0593. The van der Waals surface area contributed by atoms with Crippen molar-refractivity contribution >= 4 is 33.0 Å². The van der Waals surface area contributed by atoms with Crippen LogP contribution in [0.3, 0.4) is 0 Å². The van der Waals surface area contributed by atoms with E-state index in [9.17, 15) is 18.0 Å². The summed E-state index contributed by atoms with van der Waals surface area (Å²) >= 11 is 1.39. The van der Waals surface area contributed by atoms with Crippen LogP contribution in [0.1, 0.15) is 103 Å². The van der Waals surface area contributed by atoms with Gasteiger partial charge in [0.15, 0.2) is 5.01 Å². The number of carbonyl (C=O) groups excluding carboxylic acids is 2. The molecular weight excluding hydrogens is 558 g/mol. The third kappa shape index (κ3) is 6.54. The van der Waals surface area contributed by atoms with Crippen molar-refractivity contribution < 1.29 is 22.7 Å². The summed E-state index contributed by atoms with van der Waals surface area (Å²) in [5.74, 6) is 0.406. The molecule has 2 saturated heterocycles. The number of nitrogens with zero attached hydrogens (tertiary/aromatic N) is 1. The van der Waals surface area contributed by atoms with Crippen molar-refractivity contribution in [2.24, 2.45) is 5.92 Å². The molecule has 0 atom stereocenters. The highest BCUT2D eigenvalue weighted by Crippen LogP contribution is 2.49. The Labute approximate surface area is 247 Å². The van der Waals surface area contributed by atoms with Gasteiger partial charge in [0.05, 0.1) is 40.8 Å². The van der Waals surface area contributed by atoms with Crippen LogP contribution in [0.5, 0.6) is 0 Å². The molecule has 2 aliphatic carbocycles. The monoisotopic (exact) mass is 599 g/mol. The minimum Gasteiger partial charge on any atom is -0.376 e. The van der Waals surface area contributed by atoms with Gasteiger partial charge in [-0.25, -0.2) is 13.4 Å². The zero-order valence-corrected chi connectivity index (χ0v) is 25.7. The zero-order chi connectivity index (χ0) is 28.8. The van der Waals surface area contributed by atoms with Gasteiger partial charge in [-0.15, -0.1) is 11.3 Å². The van der Waals surface area contributed by atoms with Crippen molar-refractivity contribution in [3.05, 3.63) is 40.0 Å². The van der Waals surface area contributed by atoms with Gasteiger partial charge in [-0.3, -0.25) is 9.59 Å². The van der Waals surface area contributed by atoms with Crippen LogP contribution in [0.2, 0.25) is 0 Å². The topological polar surface area (TPSA) is 114 Å². The first-order chi connectivity index (χ1) is 19.5. The van der Waals surface area contributed by atoms with E-state index in [1.54, 1.807) is 0 Å². The molecule has 2 aliphatic heterocycles. The maximum absolute atomic E-state index is 13.4. The van der Waals surface area contributed by atoms with Crippen LogP contribution in [0, 0.1) is 5.92 Å². The summed E-state index contributed by atoms with van der Waals surface area (Å²) in [4.78, 5) is 32.7. The van der Waals surface area contributed by atoms with Crippen molar-refractivity contribution in [2.45, 2.75) is 95.1 Å². The molecule has 2 aromatic rings. The van der Waals surface area contributed by atoms with Gasteiger partial charge in [0.1, 0.15) is 9.84 Å². The normalized spacial score (nSPS) is 23.4. The molecule has 10 heteroatoms. The number of hydrogen-bond acceptors (Lipinski definition) is 7. The smallest absolute Gasteiger partial charge is 0.280 e. The van der Waals surface area contributed by atoms with Gasteiger partial charge in [0.25, 0.3) is 11.8 Å². The van der Waals surface area contributed by atoms with E-state index >= 15 is 0 Å². The Kier molecular flexibility index (Phi) is 7.78. The molecule has 8 nitrogen and oxygen atoms in total. The van der Waals surface area contributed by atoms with E-state index in [2.05, 4.69) is 23.6 Å². The van der Waals surface area contributed by atoms with Crippen LogP contribution in [0.4, 0.5) is 0 Å². The molecule has 41 heavy (non-hydrogen) atoms. The third-order valence-electron chi connectivity index (χ3n) is 9.40. The van der Waals surface area contributed by atoms with Crippen molar-refractivity contribution in [3.63, 3.8) is 0 Å². The minimum absolute atomic E-state index is 0.0598. The standard InChI is InChI=1S/C31H41N3O5S2/c1-30(10-11-30)23-16-21(15-22(17-23)27(35)34-31(2)18-39-19-31)26-25(14-20-6-4-3-5-7-20)33-29(40-26)28(36)32-24-8-12-41(37,38)13-9-24/h15-17,20,24H,3-14,18-19H2,1-2H3,(H,32,36)(H,34,35). The van der Waals surface area contributed by atoms with E-state index in [4.69, 9.17) is 9.72 Å². The van der Waals surface area contributed by atoms with E-state index < -0.39 is 9.84 Å². The fraction of sp³-hybridized carbons (Fsp3) is 0.645. The van der Waals surface area contributed by atoms with E-state index in [-0.39, 0.29) is 40.3 Å². The molecule has 2 N–H and O–H groups in total. The molecule has 0 unspecified atom stereocenters. The number of benzene rings is 1. The predicted octanol–water partition coefficient (Wildman–Crippen LogP) is 4.81. The van der Waals surface area contributed by atoms with Crippen molar-refractivity contribution in [1.29, 1.82) is 0 Å². The predicted molar refractivity (Wildman–Crippen MR) is 160 cm³/mol. The molecule has 0 spiro atoms. The van der Waals surface area contributed by atoms with Crippen LogP contribution < -0.4 is 10.6 Å². The second-order valence-electron chi connectivity index (χ2n) is 13.3. The van der Waals surface area contributed by atoms with Crippen molar-refractivity contribution in [2.75, 3.05) is 24.7 Å². The number of amides is 2. The van der Waals surface area contributed by atoms with E-state index in [1.807, 2.05) is 19.1 Å². The Morgan fingerprint density at radius 1 is 1.00 bits per heavy atom. The Hall–Kier alpha value is -2.30. The van der Waals surface area contributed by atoms with Crippen molar-refractivity contribution in [1.82, 2.24) is 15.6 Å². The molecule has 6 rings (SSSR count). The number of thiazole rings is 1. The van der Waals surface area contributed by atoms with Crippen LogP contribution in [-0.2, 0) is 26.4 Å². The lowest BCUT2D eigenvalue weighted by Gasteiger charge is -2.38. The quantitative estimate of drug-likeness (QED) is 0.450. The SMILES string of the molecule is CC1(NC(=O)c2cc(-c3sc(C(=O)NC4CCS(=O)(=O)CC4)nc3CC3CCCCC3)cc(C3(C)CC3)c2)COC1. The van der Waals surface area contributed by atoms with Crippen LogP contribution >= 0.6 is 11.3 Å². The second-order valence-corrected chi connectivity index (χ2v) is 16.6. The number of hydrogen-bond donors (Lipinski definition) is 2. The molecule has 0 radical (unpaired) electrons. The molecule has 4 aliphatic rings. The molecule has 4 fully saturated rings. The second kappa shape index (κ2) is 11.1. The highest BCUT2D eigenvalue weighted by Gasteiger charge is 2.40. The van der Waals surface area contributed by atoms with Crippen LogP contribution in [-0.4, -0.2) is 61.5 Å². The molecule has 1 aromatic heterocycles. The van der Waals surface area contributed by atoms with Crippen LogP contribution in [0.25, 0.3) is 10.4 Å². The number of aromatic nitrogens is 1. The molecule has 222 valence electrons. The van der Waals surface area contributed by atoms with Gasteiger partial charge in [-0.05, 0) is 79.7 Å².